The number of allylic oxidation sites excluding steroid dienone is 1. The third-order valence-corrected chi connectivity index (χ3v) is 15.4. The van der Waals surface area contributed by atoms with Crippen LogP contribution in [0.4, 0.5) is 0 Å². The molecule has 6 fully saturated rings. The third kappa shape index (κ3) is 4.48. The van der Waals surface area contributed by atoms with Crippen molar-refractivity contribution in [2.24, 2.45) is 51.2 Å². The van der Waals surface area contributed by atoms with Crippen LogP contribution in [0.3, 0.4) is 0 Å². The zero-order valence-electron chi connectivity index (χ0n) is 28.6. The van der Waals surface area contributed by atoms with Gasteiger partial charge >= 0.3 is 5.97 Å². The summed E-state index contributed by atoms with van der Waals surface area (Å²) >= 11 is 0. The van der Waals surface area contributed by atoms with E-state index < -0.39 is 36.3 Å². The summed E-state index contributed by atoms with van der Waals surface area (Å²) in [6.07, 6.45) is 5.28. The van der Waals surface area contributed by atoms with Crippen molar-refractivity contribution < 1.29 is 34.3 Å². The van der Waals surface area contributed by atoms with Crippen LogP contribution in [0.2, 0.25) is 0 Å². The maximum Gasteiger partial charge on any atom is 0.302 e. The van der Waals surface area contributed by atoms with Gasteiger partial charge in [-0.25, -0.2) is 0 Å². The molecule has 0 radical (unpaired) electrons. The quantitative estimate of drug-likeness (QED) is 0.197. The molecule has 7 nitrogen and oxygen atoms in total. The van der Waals surface area contributed by atoms with Gasteiger partial charge in [-0.15, -0.1) is 0 Å². The van der Waals surface area contributed by atoms with Crippen LogP contribution in [-0.4, -0.2) is 63.7 Å². The highest BCUT2D eigenvalue weighted by Gasteiger charge is 2.71. The Kier molecular flexibility index (Phi) is 8.06. The monoisotopic (exact) mass is 616 g/mol. The van der Waals surface area contributed by atoms with Crippen molar-refractivity contribution >= 4 is 5.97 Å². The molecule has 7 heteroatoms. The molecular formula is C37H60O7. The van der Waals surface area contributed by atoms with Gasteiger partial charge in [0.25, 0.3) is 0 Å². The van der Waals surface area contributed by atoms with Crippen LogP contribution in [0.1, 0.15) is 120 Å². The van der Waals surface area contributed by atoms with Crippen LogP contribution in [0.25, 0.3) is 0 Å². The van der Waals surface area contributed by atoms with Gasteiger partial charge in [-0.1, -0.05) is 46.8 Å². The minimum atomic E-state index is -1.30. The van der Waals surface area contributed by atoms with Crippen molar-refractivity contribution in [1.82, 2.24) is 0 Å². The highest BCUT2D eigenvalue weighted by molar-refractivity contribution is 5.66. The average Bonchev–Trinajstić information content (AvgIpc) is 3.32. The largest absolute Gasteiger partial charge is 0.462 e. The van der Waals surface area contributed by atoms with Crippen molar-refractivity contribution in [1.29, 1.82) is 0 Å². The van der Waals surface area contributed by atoms with Crippen molar-refractivity contribution in [3.63, 3.8) is 0 Å². The molecule has 15 atom stereocenters. The van der Waals surface area contributed by atoms with Gasteiger partial charge in [-0.3, -0.25) is 4.79 Å². The lowest BCUT2D eigenvalue weighted by atomic mass is 9.33. The SMILES string of the molecule is C=C(C)[C@@H]1CC[C@]2(O[C@H]3O[C@H](C)[C@@H](O)[C@H](O)[C@@H]3O)CC[C@]3(C)[C@H](CC[C@@H]4[C@@]5(C)CC[C@H](OC(C)=O)C(C)(C)[C@@H]5CC[C@]43C)[C@@H]12. The first-order chi connectivity index (χ1) is 20.4. The summed E-state index contributed by atoms with van der Waals surface area (Å²) in [5.41, 5.74) is 1.21. The number of carbonyl (C=O) groups excluding carboxylic acids is 1. The zero-order chi connectivity index (χ0) is 32.2. The normalized spacial score (nSPS) is 54.8. The first-order valence-corrected chi connectivity index (χ1v) is 17.6. The molecule has 1 heterocycles. The molecule has 1 saturated heterocycles. The topological polar surface area (TPSA) is 105 Å². The van der Waals surface area contributed by atoms with Crippen LogP contribution in [0.15, 0.2) is 12.2 Å². The molecule has 6 aliphatic rings. The number of hydrogen-bond donors (Lipinski definition) is 3. The van der Waals surface area contributed by atoms with Crippen LogP contribution in [0, 0.1) is 51.2 Å². The van der Waals surface area contributed by atoms with E-state index in [1.165, 1.54) is 18.4 Å². The van der Waals surface area contributed by atoms with Gasteiger partial charge in [-0.2, -0.15) is 0 Å². The Hall–Kier alpha value is -0.990. The van der Waals surface area contributed by atoms with Gasteiger partial charge in [0.15, 0.2) is 6.29 Å². The van der Waals surface area contributed by atoms with E-state index in [0.717, 1.165) is 51.4 Å². The highest BCUT2D eigenvalue weighted by Crippen LogP contribution is 2.77. The molecule has 5 aliphatic carbocycles. The summed E-state index contributed by atoms with van der Waals surface area (Å²) in [5.74, 6) is 2.03. The minimum Gasteiger partial charge on any atom is -0.462 e. The molecule has 6 rings (SSSR count). The maximum atomic E-state index is 12.0. The fourth-order valence-electron chi connectivity index (χ4n) is 13.0. The summed E-state index contributed by atoms with van der Waals surface area (Å²) in [7, 11) is 0. The molecule has 0 unspecified atom stereocenters. The molecule has 3 N–H and O–H groups in total. The van der Waals surface area contributed by atoms with Crippen molar-refractivity contribution in [2.45, 2.75) is 162 Å². The van der Waals surface area contributed by atoms with Gasteiger partial charge in [0, 0.05) is 12.3 Å². The predicted octanol–water partition coefficient (Wildman–Crippen LogP) is 6.17. The summed E-state index contributed by atoms with van der Waals surface area (Å²) in [5, 5.41) is 31.9. The standard InChI is InChI=1S/C37H60O7/c1-20(2)23-12-17-37(44-32-31(41)30(40)29(39)21(3)42-32)19-18-35(8)24(28(23)37)10-11-26-34(7)15-14-27(43-22(4)38)33(5,6)25(34)13-16-36(26,35)9/h21,23-32,39-41H,1,10-19H2,2-9H3/t21-,23+,24-,25+,26-,27+,28-,29-,30+,31+,32-,34+,35-,36-,37+/m1/s1. The van der Waals surface area contributed by atoms with Crippen molar-refractivity contribution in [3.05, 3.63) is 12.2 Å². The number of fused-ring (bicyclic) bond motifs is 7. The first kappa shape index (κ1) is 32.9. The number of aliphatic hydroxyl groups excluding tert-OH is 3. The molecule has 0 bridgehead atoms. The van der Waals surface area contributed by atoms with Gasteiger partial charge in [-0.05, 0) is 124 Å². The minimum absolute atomic E-state index is 0.0173. The second kappa shape index (κ2) is 10.8. The Morgan fingerprint density at radius 3 is 2.16 bits per heavy atom. The maximum absolute atomic E-state index is 12.0. The van der Waals surface area contributed by atoms with E-state index in [2.05, 4.69) is 48.1 Å². The molecule has 0 aromatic heterocycles. The molecule has 0 spiro atoms. The summed E-state index contributed by atoms with van der Waals surface area (Å²) < 4.78 is 18.9. The van der Waals surface area contributed by atoms with E-state index in [1.807, 2.05) is 0 Å². The fourth-order valence-corrected chi connectivity index (χ4v) is 13.0. The van der Waals surface area contributed by atoms with Crippen LogP contribution >= 0.6 is 0 Å². The molecule has 1 aliphatic heterocycles. The lowest BCUT2D eigenvalue weighted by Crippen LogP contribution is -2.68. The van der Waals surface area contributed by atoms with E-state index in [1.54, 1.807) is 13.8 Å². The number of carbonyl (C=O) groups is 1. The molecule has 0 amide bonds. The summed E-state index contributed by atoms with van der Waals surface area (Å²) in [6, 6.07) is 0. The first-order valence-electron chi connectivity index (χ1n) is 17.6. The van der Waals surface area contributed by atoms with E-state index in [0.29, 0.717) is 23.7 Å². The molecule has 0 aromatic carbocycles. The number of esters is 1. The Morgan fingerprint density at radius 2 is 1.50 bits per heavy atom. The summed E-state index contributed by atoms with van der Waals surface area (Å²) in [4.78, 5) is 12.0. The third-order valence-electron chi connectivity index (χ3n) is 15.4. The number of hydrogen-bond acceptors (Lipinski definition) is 7. The predicted molar refractivity (Wildman–Crippen MR) is 168 cm³/mol. The van der Waals surface area contributed by atoms with Gasteiger partial charge in [0.1, 0.15) is 24.4 Å². The van der Waals surface area contributed by atoms with Crippen molar-refractivity contribution in [3.8, 4) is 0 Å². The number of rotatable bonds is 4. The molecule has 250 valence electrons. The van der Waals surface area contributed by atoms with Gasteiger partial charge < -0.3 is 29.5 Å². The smallest absolute Gasteiger partial charge is 0.302 e. The molecular weight excluding hydrogens is 556 g/mol. The van der Waals surface area contributed by atoms with Crippen LogP contribution in [-0.2, 0) is 19.0 Å². The second-order valence-corrected chi connectivity index (χ2v) is 17.5. The van der Waals surface area contributed by atoms with E-state index in [9.17, 15) is 20.1 Å². The Morgan fingerprint density at radius 1 is 0.795 bits per heavy atom. The number of ether oxygens (including phenoxy) is 3. The Bertz CT molecular complexity index is 1150. The number of aliphatic hydroxyl groups is 3. The average molecular weight is 617 g/mol. The Labute approximate surface area is 265 Å². The lowest BCUT2D eigenvalue weighted by molar-refractivity contribution is -0.341. The molecule has 44 heavy (non-hydrogen) atoms. The second-order valence-electron chi connectivity index (χ2n) is 17.5. The zero-order valence-corrected chi connectivity index (χ0v) is 28.6. The van der Waals surface area contributed by atoms with E-state index in [-0.39, 0.29) is 39.7 Å². The highest BCUT2D eigenvalue weighted by atomic mass is 16.7. The van der Waals surface area contributed by atoms with Crippen molar-refractivity contribution in [2.75, 3.05) is 0 Å². The van der Waals surface area contributed by atoms with Gasteiger partial charge in [0.2, 0.25) is 0 Å². The van der Waals surface area contributed by atoms with Crippen LogP contribution < -0.4 is 0 Å². The molecule has 5 saturated carbocycles. The van der Waals surface area contributed by atoms with Gasteiger partial charge in [0.05, 0.1) is 11.7 Å². The molecule has 0 aromatic rings. The van der Waals surface area contributed by atoms with E-state index >= 15 is 0 Å². The summed E-state index contributed by atoms with van der Waals surface area (Å²) in [6.45, 7) is 22.4. The lowest BCUT2D eigenvalue weighted by Gasteiger charge is -2.73. The Balaban J connectivity index is 1.32. The van der Waals surface area contributed by atoms with Crippen LogP contribution in [0.5, 0.6) is 0 Å². The fraction of sp³-hybridized carbons (Fsp3) is 0.919. The van der Waals surface area contributed by atoms with E-state index in [4.69, 9.17) is 14.2 Å².